The number of benzene rings is 1. The molecule has 1 heterocycles. The van der Waals surface area contributed by atoms with Gasteiger partial charge >= 0.3 is 0 Å². The van der Waals surface area contributed by atoms with Crippen molar-refractivity contribution in [2.24, 2.45) is 7.05 Å². The van der Waals surface area contributed by atoms with Gasteiger partial charge in [-0.1, -0.05) is 16.8 Å². The normalized spacial score (nSPS) is 12.4. The van der Waals surface area contributed by atoms with E-state index in [1.165, 1.54) is 10.9 Å². The Morgan fingerprint density at radius 3 is 2.71 bits per heavy atom. The maximum absolute atomic E-state index is 9.85. The van der Waals surface area contributed by atoms with Crippen LogP contribution in [0.25, 0.3) is 0 Å². The Labute approximate surface area is 104 Å². The van der Waals surface area contributed by atoms with Crippen LogP contribution in [0.4, 0.5) is 0 Å². The second kappa shape index (κ2) is 5.16. The third-order valence-corrected chi connectivity index (χ3v) is 2.56. The molecule has 2 aromatic rings. The Hall–Kier alpha value is -1.59. The SMILES string of the molecule is Cn1nncc1C(O)COc1ccc(Cl)cc1. The number of aliphatic hydroxyl groups is 1. The first-order chi connectivity index (χ1) is 8.16. The van der Waals surface area contributed by atoms with E-state index in [9.17, 15) is 5.11 Å². The molecule has 1 unspecified atom stereocenters. The van der Waals surface area contributed by atoms with Crippen LogP contribution in [0.3, 0.4) is 0 Å². The highest BCUT2D eigenvalue weighted by molar-refractivity contribution is 6.30. The van der Waals surface area contributed by atoms with E-state index in [0.29, 0.717) is 16.5 Å². The molecule has 0 bridgehead atoms. The predicted molar refractivity (Wildman–Crippen MR) is 62.9 cm³/mol. The highest BCUT2D eigenvalue weighted by Crippen LogP contribution is 2.17. The summed E-state index contributed by atoms with van der Waals surface area (Å²) >= 11 is 5.75. The van der Waals surface area contributed by atoms with Crippen molar-refractivity contribution in [2.45, 2.75) is 6.10 Å². The molecule has 0 amide bonds. The molecule has 0 aliphatic carbocycles. The summed E-state index contributed by atoms with van der Waals surface area (Å²) in [5.41, 5.74) is 0.610. The fourth-order valence-electron chi connectivity index (χ4n) is 1.39. The number of aromatic nitrogens is 3. The molecule has 6 heteroatoms. The number of aryl methyl sites for hydroxylation is 1. The highest BCUT2D eigenvalue weighted by atomic mass is 35.5. The Morgan fingerprint density at radius 1 is 1.41 bits per heavy atom. The first-order valence-corrected chi connectivity index (χ1v) is 5.45. The third kappa shape index (κ3) is 2.95. The fourth-order valence-corrected chi connectivity index (χ4v) is 1.52. The minimum atomic E-state index is -0.759. The molecule has 0 saturated heterocycles. The van der Waals surface area contributed by atoms with Gasteiger partial charge < -0.3 is 9.84 Å². The van der Waals surface area contributed by atoms with Crippen molar-refractivity contribution in [3.05, 3.63) is 41.2 Å². The molecule has 0 radical (unpaired) electrons. The second-order valence-corrected chi connectivity index (χ2v) is 4.00. The molecule has 1 N–H and O–H groups in total. The van der Waals surface area contributed by atoms with Gasteiger partial charge in [-0.05, 0) is 24.3 Å². The van der Waals surface area contributed by atoms with E-state index < -0.39 is 6.10 Å². The van der Waals surface area contributed by atoms with Crippen molar-refractivity contribution in [1.29, 1.82) is 0 Å². The summed E-state index contributed by atoms with van der Waals surface area (Å²) in [5, 5.41) is 17.9. The standard InChI is InChI=1S/C11H12ClN3O2/c1-15-10(6-13-14-15)11(16)7-17-9-4-2-8(12)3-5-9/h2-6,11,16H,7H2,1H3. The lowest BCUT2D eigenvalue weighted by atomic mass is 10.3. The van der Waals surface area contributed by atoms with Crippen molar-refractivity contribution in [1.82, 2.24) is 15.0 Å². The number of rotatable bonds is 4. The van der Waals surface area contributed by atoms with Crippen LogP contribution in [0.15, 0.2) is 30.5 Å². The van der Waals surface area contributed by atoms with Crippen molar-refractivity contribution >= 4 is 11.6 Å². The first-order valence-electron chi connectivity index (χ1n) is 5.08. The van der Waals surface area contributed by atoms with Crippen LogP contribution >= 0.6 is 11.6 Å². The summed E-state index contributed by atoms with van der Waals surface area (Å²) in [6.45, 7) is 0.142. The second-order valence-electron chi connectivity index (χ2n) is 3.56. The Kier molecular flexibility index (Phi) is 3.61. The van der Waals surface area contributed by atoms with Crippen LogP contribution in [-0.2, 0) is 7.05 Å². The lowest BCUT2D eigenvalue weighted by molar-refractivity contribution is 0.101. The van der Waals surface area contributed by atoms with Gasteiger partial charge in [0.2, 0.25) is 0 Å². The van der Waals surface area contributed by atoms with Crippen LogP contribution in [0.2, 0.25) is 5.02 Å². The third-order valence-electron chi connectivity index (χ3n) is 2.31. The molecule has 0 aliphatic rings. The Bertz CT molecular complexity index is 484. The van der Waals surface area contributed by atoms with E-state index in [2.05, 4.69) is 10.3 Å². The van der Waals surface area contributed by atoms with E-state index in [0.717, 1.165) is 0 Å². The summed E-state index contributed by atoms with van der Waals surface area (Å²) in [4.78, 5) is 0. The highest BCUT2D eigenvalue weighted by Gasteiger charge is 2.12. The molecule has 1 aromatic heterocycles. The number of aliphatic hydroxyl groups excluding tert-OH is 1. The lowest BCUT2D eigenvalue weighted by Gasteiger charge is -2.11. The fraction of sp³-hybridized carbons (Fsp3) is 0.273. The average molecular weight is 254 g/mol. The lowest BCUT2D eigenvalue weighted by Crippen LogP contribution is -2.13. The van der Waals surface area contributed by atoms with Gasteiger partial charge in [0, 0.05) is 12.1 Å². The van der Waals surface area contributed by atoms with E-state index in [1.54, 1.807) is 31.3 Å². The largest absolute Gasteiger partial charge is 0.490 e. The summed E-state index contributed by atoms with van der Waals surface area (Å²) < 4.78 is 6.93. The molecule has 5 nitrogen and oxygen atoms in total. The van der Waals surface area contributed by atoms with Gasteiger partial charge in [-0.25, -0.2) is 4.68 Å². The summed E-state index contributed by atoms with van der Waals surface area (Å²) in [6, 6.07) is 6.96. The minimum Gasteiger partial charge on any atom is -0.490 e. The molecule has 2 rings (SSSR count). The zero-order chi connectivity index (χ0) is 12.3. The van der Waals surface area contributed by atoms with Crippen LogP contribution in [0.5, 0.6) is 5.75 Å². The van der Waals surface area contributed by atoms with Crippen LogP contribution in [-0.4, -0.2) is 26.7 Å². The molecule has 1 aromatic carbocycles. The number of halogens is 1. The number of hydrogen-bond donors (Lipinski definition) is 1. The minimum absolute atomic E-state index is 0.142. The molecular formula is C11H12ClN3O2. The average Bonchev–Trinajstić information content (AvgIpc) is 2.74. The summed E-state index contributed by atoms with van der Waals surface area (Å²) in [7, 11) is 1.72. The molecule has 0 spiro atoms. The first kappa shape index (κ1) is 11.9. The van der Waals surface area contributed by atoms with Gasteiger partial charge in [0.25, 0.3) is 0 Å². The van der Waals surface area contributed by atoms with Crippen LogP contribution in [0, 0.1) is 0 Å². The van der Waals surface area contributed by atoms with E-state index in [1.807, 2.05) is 0 Å². The molecule has 90 valence electrons. The Morgan fingerprint density at radius 2 is 2.12 bits per heavy atom. The van der Waals surface area contributed by atoms with Gasteiger partial charge in [0.05, 0.1) is 11.9 Å². The van der Waals surface area contributed by atoms with Crippen molar-refractivity contribution in [3.8, 4) is 5.75 Å². The topological polar surface area (TPSA) is 60.2 Å². The maximum Gasteiger partial charge on any atom is 0.131 e. The summed E-state index contributed by atoms with van der Waals surface area (Å²) in [5.74, 6) is 0.656. The smallest absolute Gasteiger partial charge is 0.131 e. The van der Waals surface area contributed by atoms with Crippen LogP contribution in [0.1, 0.15) is 11.8 Å². The quantitative estimate of drug-likeness (QED) is 0.899. The number of hydrogen-bond acceptors (Lipinski definition) is 4. The van der Waals surface area contributed by atoms with E-state index in [4.69, 9.17) is 16.3 Å². The van der Waals surface area contributed by atoms with Gasteiger partial charge in [-0.2, -0.15) is 0 Å². The molecule has 0 saturated carbocycles. The van der Waals surface area contributed by atoms with Crippen molar-refractivity contribution in [2.75, 3.05) is 6.61 Å². The monoisotopic (exact) mass is 253 g/mol. The van der Waals surface area contributed by atoms with Gasteiger partial charge in [0.15, 0.2) is 0 Å². The number of nitrogens with zero attached hydrogens (tertiary/aromatic N) is 3. The van der Waals surface area contributed by atoms with Gasteiger partial charge in [-0.15, -0.1) is 5.10 Å². The molecule has 1 atom stereocenters. The molecule has 0 aliphatic heterocycles. The van der Waals surface area contributed by atoms with Gasteiger partial charge in [-0.3, -0.25) is 0 Å². The predicted octanol–water partition coefficient (Wildman–Crippen LogP) is 1.58. The zero-order valence-electron chi connectivity index (χ0n) is 9.25. The number of ether oxygens (including phenoxy) is 1. The zero-order valence-corrected chi connectivity index (χ0v) is 10.0. The molecule has 17 heavy (non-hydrogen) atoms. The Balaban J connectivity index is 1.94. The van der Waals surface area contributed by atoms with Gasteiger partial charge in [0.1, 0.15) is 18.5 Å². The van der Waals surface area contributed by atoms with Crippen LogP contribution < -0.4 is 4.74 Å². The van der Waals surface area contributed by atoms with Crippen molar-refractivity contribution in [3.63, 3.8) is 0 Å². The molecule has 0 fully saturated rings. The van der Waals surface area contributed by atoms with E-state index in [-0.39, 0.29) is 6.61 Å². The molecular weight excluding hydrogens is 242 g/mol. The summed E-state index contributed by atoms with van der Waals surface area (Å²) in [6.07, 6.45) is 0.751. The maximum atomic E-state index is 9.85. The van der Waals surface area contributed by atoms with E-state index >= 15 is 0 Å². The van der Waals surface area contributed by atoms with Crippen molar-refractivity contribution < 1.29 is 9.84 Å².